The molecule has 4 nitrogen and oxygen atoms in total. The fraction of sp³-hybridized carbons (Fsp3) is 0.875. The van der Waals surface area contributed by atoms with Crippen molar-refractivity contribution < 1.29 is 9.59 Å². The van der Waals surface area contributed by atoms with Crippen molar-refractivity contribution in [1.82, 2.24) is 10.2 Å². The van der Waals surface area contributed by atoms with E-state index in [4.69, 9.17) is 0 Å². The van der Waals surface area contributed by atoms with E-state index >= 15 is 0 Å². The number of hydrogen-bond donors (Lipinski definition) is 1. The molecular weight excluding hydrogens is 252 g/mol. The summed E-state index contributed by atoms with van der Waals surface area (Å²) < 4.78 is 0. The van der Waals surface area contributed by atoms with Crippen molar-refractivity contribution in [2.45, 2.75) is 58.4 Å². The first-order valence-electron chi connectivity index (χ1n) is 8.11. The van der Waals surface area contributed by atoms with Crippen molar-refractivity contribution in [2.24, 2.45) is 11.8 Å². The van der Waals surface area contributed by atoms with Gasteiger partial charge >= 0.3 is 0 Å². The molecule has 2 unspecified atom stereocenters. The van der Waals surface area contributed by atoms with Gasteiger partial charge in [-0.25, -0.2) is 0 Å². The second-order valence-electron chi connectivity index (χ2n) is 6.70. The van der Waals surface area contributed by atoms with Gasteiger partial charge in [-0.05, 0) is 38.1 Å². The quantitative estimate of drug-likeness (QED) is 0.838. The van der Waals surface area contributed by atoms with E-state index < -0.39 is 0 Å². The molecule has 114 valence electrons. The van der Waals surface area contributed by atoms with E-state index in [0.717, 1.165) is 45.2 Å². The van der Waals surface area contributed by atoms with Gasteiger partial charge in [-0.2, -0.15) is 0 Å². The molecule has 1 heterocycles. The van der Waals surface area contributed by atoms with Gasteiger partial charge in [-0.3, -0.25) is 14.5 Å². The maximum Gasteiger partial charge on any atom is 0.234 e. The molecule has 1 saturated heterocycles. The SMILES string of the molecule is CC(C)CNC(=O)CN1CCCC1C1CCCCC1=O. The number of hydrogen-bond acceptors (Lipinski definition) is 3. The van der Waals surface area contributed by atoms with Gasteiger partial charge in [0.05, 0.1) is 6.54 Å². The fourth-order valence-electron chi connectivity index (χ4n) is 3.48. The lowest BCUT2D eigenvalue weighted by molar-refractivity contribution is -0.129. The van der Waals surface area contributed by atoms with Gasteiger partial charge in [0.15, 0.2) is 0 Å². The summed E-state index contributed by atoms with van der Waals surface area (Å²) in [6, 6.07) is 0.313. The molecular formula is C16H28N2O2. The van der Waals surface area contributed by atoms with Gasteiger partial charge in [0, 0.05) is 24.9 Å². The zero-order valence-electron chi connectivity index (χ0n) is 12.9. The zero-order chi connectivity index (χ0) is 14.5. The number of carbonyl (C=O) groups excluding carboxylic acids is 2. The number of amides is 1. The molecule has 0 aromatic carbocycles. The first-order chi connectivity index (χ1) is 9.58. The Balaban J connectivity index is 1.87. The summed E-state index contributed by atoms with van der Waals surface area (Å²) in [6.07, 6.45) is 6.18. The Morgan fingerprint density at radius 2 is 2.10 bits per heavy atom. The monoisotopic (exact) mass is 280 g/mol. The van der Waals surface area contributed by atoms with E-state index in [1.807, 2.05) is 0 Å². The summed E-state index contributed by atoms with van der Waals surface area (Å²) >= 11 is 0. The molecule has 0 aromatic rings. The lowest BCUT2D eigenvalue weighted by atomic mass is 9.82. The first-order valence-corrected chi connectivity index (χ1v) is 8.11. The Morgan fingerprint density at radius 1 is 1.30 bits per heavy atom. The van der Waals surface area contributed by atoms with Crippen molar-refractivity contribution in [3.63, 3.8) is 0 Å². The Labute approximate surface area is 122 Å². The molecule has 1 aliphatic heterocycles. The van der Waals surface area contributed by atoms with Crippen LogP contribution in [0.1, 0.15) is 52.4 Å². The third kappa shape index (κ3) is 4.05. The van der Waals surface area contributed by atoms with Crippen LogP contribution in [0.3, 0.4) is 0 Å². The van der Waals surface area contributed by atoms with Crippen LogP contribution in [0.15, 0.2) is 0 Å². The van der Waals surface area contributed by atoms with Crippen LogP contribution >= 0.6 is 0 Å². The molecule has 0 radical (unpaired) electrons. The Hall–Kier alpha value is -0.900. The molecule has 1 N–H and O–H groups in total. The number of nitrogens with one attached hydrogen (secondary N) is 1. The lowest BCUT2D eigenvalue weighted by Crippen LogP contribution is -2.45. The first kappa shape index (κ1) is 15.5. The number of carbonyl (C=O) groups is 2. The maximum absolute atomic E-state index is 12.1. The van der Waals surface area contributed by atoms with E-state index in [0.29, 0.717) is 24.3 Å². The molecule has 2 fully saturated rings. The number of rotatable bonds is 5. The van der Waals surface area contributed by atoms with Gasteiger partial charge in [-0.15, -0.1) is 0 Å². The number of ketones is 1. The predicted molar refractivity (Wildman–Crippen MR) is 79.4 cm³/mol. The van der Waals surface area contributed by atoms with Crippen LogP contribution in [0.4, 0.5) is 0 Å². The lowest BCUT2D eigenvalue weighted by Gasteiger charge is -2.32. The number of nitrogens with zero attached hydrogens (tertiary/aromatic N) is 1. The minimum atomic E-state index is 0.105. The summed E-state index contributed by atoms with van der Waals surface area (Å²) in [6.45, 7) is 6.35. The molecule has 20 heavy (non-hydrogen) atoms. The minimum Gasteiger partial charge on any atom is -0.355 e. The van der Waals surface area contributed by atoms with Crippen LogP contribution in [0.5, 0.6) is 0 Å². The molecule has 4 heteroatoms. The van der Waals surface area contributed by atoms with Crippen LogP contribution in [0.2, 0.25) is 0 Å². The summed E-state index contributed by atoms with van der Waals surface area (Å²) in [7, 11) is 0. The van der Waals surface area contributed by atoms with Gasteiger partial charge in [-0.1, -0.05) is 20.3 Å². The maximum atomic E-state index is 12.1. The Kier molecular flexibility index (Phi) is 5.58. The van der Waals surface area contributed by atoms with E-state index in [2.05, 4.69) is 24.1 Å². The summed E-state index contributed by atoms with van der Waals surface area (Å²) in [5.41, 5.74) is 0. The molecule has 2 rings (SSSR count). The normalized spacial score (nSPS) is 28.1. The zero-order valence-corrected chi connectivity index (χ0v) is 12.9. The molecule has 1 amide bonds. The van der Waals surface area contributed by atoms with Gasteiger partial charge in [0.25, 0.3) is 0 Å². The molecule has 1 aliphatic carbocycles. The molecule has 2 aliphatic rings. The van der Waals surface area contributed by atoms with E-state index in [9.17, 15) is 9.59 Å². The number of Topliss-reactive ketones (excluding diaryl/α,β-unsaturated/α-hetero) is 1. The average molecular weight is 280 g/mol. The highest BCUT2D eigenvalue weighted by Gasteiger charge is 2.37. The van der Waals surface area contributed by atoms with Gasteiger partial charge in [0.1, 0.15) is 5.78 Å². The standard InChI is InChI=1S/C16H28N2O2/c1-12(2)10-17-16(20)11-18-9-5-7-14(18)13-6-3-4-8-15(13)19/h12-14H,3-11H2,1-2H3,(H,17,20). The second-order valence-corrected chi connectivity index (χ2v) is 6.70. The topological polar surface area (TPSA) is 49.4 Å². The van der Waals surface area contributed by atoms with Crippen molar-refractivity contribution in [3.8, 4) is 0 Å². The average Bonchev–Trinajstić information content (AvgIpc) is 2.85. The van der Waals surface area contributed by atoms with Crippen molar-refractivity contribution in [3.05, 3.63) is 0 Å². The highest BCUT2D eigenvalue weighted by Crippen LogP contribution is 2.32. The summed E-state index contributed by atoms with van der Waals surface area (Å²) in [5.74, 6) is 1.20. The number of likely N-dealkylation sites (tertiary alicyclic amines) is 1. The smallest absolute Gasteiger partial charge is 0.234 e. The van der Waals surface area contributed by atoms with Crippen LogP contribution in [-0.4, -0.2) is 42.3 Å². The van der Waals surface area contributed by atoms with Gasteiger partial charge < -0.3 is 5.32 Å². The van der Waals surface area contributed by atoms with Crippen LogP contribution < -0.4 is 5.32 Å². The van der Waals surface area contributed by atoms with Crippen LogP contribution in [0, 0.1) is 11.8 Å². The van der Waals surface area contributed by atoms with Gasteiger partial charge in [0.2, 0.25) is 5.91 Å². The summed E-state index contributed by atoms with van der Waals surface area (Å²) in [5, 5.41) is 2.98. The third-order valence-electron chi connectivity index (χ3n) is 4.53. The predicted octanol–water partition coefficient (Wildman–Crippen LogP) is 1.98. The molecule has 0 aromatic heterocycles. The Bertz CT molecular complexity index is 354. The van der Waals surface area contributed by atoms with E-state index in [1.165, 1.54) is 6.42 Å². The molecule has 0 bridgehead atoms. The van der Waals surface area contributed by atoms with Crippen molar-refractivity contribution >= 4 is 11.7 Å². The fourth-order valence-corrected chi connectivity index (χ4v) is 3.48. The van der Waals surface area contributed by atoms with Crippen molar-refractivity contribution in [2.75, 3.05) is 19.6 Å². The molecule has 2 atom stereocenters. The van der Waals surface area contributed by atoms with Crippen LogP contribution in [0.25, 0.3) is 0 Å². The minimum absolute atomic E-state index is 0.105. The molecule has 0 spiro atoms. The Morgan fingerprint density at radius 3 is 2.80 bits per heavy atom. The third-order valence-corrected chi connectivity index (χ3v) is 4.53. The highest BCUT2D eigenvalue weighted by molar-refractivity contribution is 5.82. The second kappa shape index (κ2) is 7.21. The largest absolute Gasteiger partial charge is 0.355 e. The summed E-state index contributed by atoms with van der Waals surface area (Å²) in [4.78, 5) is 26.3. The molecule has 1 saturated carbocycles. The van der Waals surface area contributed by atoms with E-state index in [1.54, 1.807) is 0 Å². The highest BCUT2D eigenvalue weighted by atomic mass is 16.2. The van der Waals surface area contributed by atoms with Crippen LogP contribution in [-0.2, 0) is 9.59 Å². The van der Waals surface area contributed by atoms with Crippen molar-refractivity contribution in [1.29, 1.82) is 0 Å². The van der Waals surface area contributed by atoms with E-state index in [-0.39, 0.29) is 11.8 Å².